The molecule has 1 aromatic carbocycles. The first-order chi connectivity index (χ1) is 8.20. The number of oxazole rings is 1. The Bertz CT molecular complexity index is 503. The largest absolute Gasteiger partial charge is 0.441 e. The molecular formula is C14H17NO2. The Morgan fingerprint density at radius 1 is 1.29 bits per heavy atom. The molecule has 0 aliphatic rings. The van der Waals surface area contributed by atoms with E-state index in [2.05, 4.69) is 17.1 Å². The molecule has 0 amide bonds. The second kappa shape index (κ2) is 5.15. The summed E-state index contributed by atoms with van der Waals surface area (Å²) >= 11 is 0. The summed E-state index contributed by atoms with van der Waals surface area (Å²) in [5.74, 6) is 1.57. The van der Waals surface area contributed by atoms with Crippen LogP contribution in [0.5, 0.6) is 0 Å². The zero-order valence-electron chi connectivity index (χ0n) is 10.5. The molecule has 0 spiro atoms. The third-order valence-corrected chi connectivity index (χ3v) is 2.69. The van der Waals surface area contributed by atoms with Crippen molar-refractivity contribution in [3.63, 3.8) is 0 Å². The van der Waals surface area contributed by atoms with Crippen LogP contribution in [0.3, 0.4) is 0 Å². The maximum atomic E-state index is 5.62. The highest BCUT2D eigenvalue weighted by Crippen LogP contribution is 2.25. The highest BCUT2D eigenvalue weighted by Gasteiger charge is 2.09. The van der Waals surface area contributed by atoms with Crippen LogP contribution in [0.1, 0.15) is 17.1 Å². The lowest BCUT2D eigenvalue weighted by molar-refractivity contribution is 0.202. The van der Waals surface area contributed by atoms with Crippen molar-refractivity contribution in [3.8, 4) is 11.3 Å². The van der Waals surface area contributed by atoms with Crippen LogP contribution >= 0.6 is 0 Å². The summed E-state index contributed by atoms with van der Waals surface area (Å²) in [7, 11) is 1.72. The van der Waals surface area contributed by atoms with E-state index >= 15 is 0 Å². The normalized spacial score (nSPS) is 10.8. The number of rotatable bonds is 4. The van der Waals surface area contributed by atoms with E-state index in [9.17, 15) is 0 Å². The quantitative estimate of drug-likeness (QED) is 0.810. The van der Waals surface area contributed by atoms with Gasteiger partial charge in [0, 0.05) is 19.6 Å². The highest BCUT2D eigenvalue weighted by molar-refractivity contribution is 5.60. The number of aryl methyl sites for hydroxylation is 2. The van der Waals surface area contributed by atoms with Gasteiger partial charge in [0.15, 0.2) is 11.7 Å². The Hall–Kier alpha value is -1.61. The number of nitrogens with zero attached hydrogens (tertiary/aromatic N) is 1. The average Bonchev–Trinajstić information content (AvgIpc) is 2.66. The predicted molar refractivity (Wildman–Crippen MR) is 67.0 cm³/mol. The molecule has 2 aromatic rings. The van der Waals surface area contributed by atoms with Gasteiger partial charge in [0.1, 0.15) is 0 Å². The molecular weight excluding hydrogens is 214 g/mol. The molecule has 0 fully saturated rings. The number of ether oxygens (including phenoxy) is 1. The van der Waals surface area contributed by atoms with Crippen molar-refractivity contribution in [2.45, 2.75) is 20.3 Å². The third-order valence-electron chi connectivity index (χ3n) is 2.69. The van der Waals surface area contributed by atoms with Crippen molar-refractivity contribution in [2.24, 2.45) is 0 Å². The minimum atomic E-state index is 0.708. The molecule has 17 heavy (non-hydrogen) atoms. The first-order valence-electron chi connectivity index (χ1n) is 5.73. The van der Waals surface area contributed by atoms with Crippen molar-refractivity contribution in [3.05, 3.63) is 41.4 Å². The van der Waals surface area contributed by atoms with Crippen LogP contribution in [0.2, 0.25) is 0 Å². The van der Waals surface area contributed by atoms with Crippen LogP contribution in [-0.2, 0) is 11.2 Å². The molecule has 0 saturated carbocycles. The van der Waals surface area contributed by atoms with Gasteiger partial charge in [-0.3, -0.25) is 0 Å². The minimum Gasteiger partial charge on any atom is -0.441 e. The summed E-state index contributed by atoms with van der Waals surface area (Å²) in [5.41, 5.74) is 3.26. The summed E-state index contributed by atoms with van der Waals surface area (Å²) in [6, 6.07) is 8.31. The van der Waals surface area contributed by atoms with E-state index in [4.69, 9.17) is 9.15 Å². The van der Waals surface area contributed by atoms with Crippen LogP contribution in [0, 0.1) is 13.8 Å². The smallest absolute Gasteiger partial charge is 0.192 e. The summed E-state index contributed by atoms with van der Waals surface area (Å²) in [6.45, 7) is 4.57. The number of aromatic nitrogens is 1. The van der Waals surface area contributed by atoms with Crippen molar-refractivity contribution < 1.29 is 9.15 Å². The van der Waals surface area contributed by atoms with E-state index in [1.807, 2.05) is 26.0 Å². The van der Waals surface area contributed by atoms with Gasteiger partial charge >= 0.3 is 0 Å². The number of benzene rings is 1. The maximum absolute atomic E-state index is 5.62. The molecule has 3 heteroatoms. The Morgan fingerprint density at radius 2 is 2.12 bits per heavy atom. The molecule has 1 heterocycles. The first-order valence-corrected chi connectivity index (χ1v) is 5.73. The van der Waals surface area contributed by atoms with Crippen LogP contribution in [0.4, 0.5) is 0 Å². The molecule has 3 nitrogen and oxygen atoms in total. The Morgan fingerprint density at radius 3 is 2.76 bits per heavy atom. The van der Waals surface area contributed by atoms with Crippen LogP contribution in [0.15, 0.2) is 28.7 Å². The molecule has 0 N–H and O–H groups in total. The summed E-state index contributed by atoms with van der Waals surface area (Å²) < 4.78 is 10.7. The summed E-state index contributed by atoms with van der Waals surface area (Å²) in [5, 5.41) is 0. The lowest BCUT2D eigenvalue weighted by Gasteiger charge is -2.03. The van der Waals surface area contributed by atoms with Gasteiger partial charge in [-0.25, -0.2) is 4.98 Å². The molecule has 90 valence electrons. The number of hydrogen-bond acceptors (Lipinski definition) is 3. The minimum absolute atomic E-state index is 0.708. The molecule has 0 bridgehead atoms. The molecule has 0 aliphatic heterocycles. The predicted octanol–water partition coefficient (Wildman–Crippen LogP) is 3.15. The van der Waals surface area contributed by atoms with Gasteiger partial charge in [-0.1, -0.05) is 18.2 Å². The monoisotopic (exact) mass is 231 g/mol. The highest BCUT2D eigenvalue weighted by atomic mass is 16.5. The molecule has 0 radical (unpaired) electrons. The Balaban J connectivity index is 2.29. The second-order valence-corrected chi connectivity index (χ2v) is 4.09. The molecule has 0 saturated heterocycles. The van der Waals surface area contributed by atoms with Gasteiger partial charge in [-0.05, 0) is 25.0 Å². The van der Waals surface area contributed by atoms with Crippen LogP contribution < -0.4 is 0 Å². The van der Waals surface area contributed by atoms with E-state index in [1.165, 1.54) is 5.56 Å². The summed E-state index contributed by atoms with van der Waals surface area (Å²) in [6.07, 6.45) is 0.913. The zero-order chi connectivity index (χ0) is 12.3. The fourth-order valence-electron chi connectivity index (χ4n) is 1.89. The van der Waals surface area contributed by atoms with E-state index in [-0.39, 0.29) is 0 Å². The van der Waals surface area contributed by atoms with E-state index in [1.54, 1.807) is 7.11 Å². The van der Waals surface area contributed by atoms with E-state index in [0.717, 1.165) is 30.0 Å². The molecule has 2 rings (SSSR count). The Labute approximate surface area is 101 Å². The van der Waals surface area contributed by atoms with Crippen LogP contribution in [0.25, 0.3) is 11.3 Å². The van der Waals surface area contributed by atoms with E-state index < -0.39 is 0 Å². The average molecular weight is 231 g/mol. The zero-order valence-corrected chi connectivity index (χ0v) is 10.5. The SMILES string of the molecule is COCCc1cccc(-c2oc(C)nc2C)c1. The fourth-order valence-corrected chi connectivity index (χ4v) is 1.89. The van der Waals surface area contributed by atoms with Gasteiger partial charge in [0.25, 0.3) is 0 Å². The molecule has 1 aromatic heterocycles. The van der Waals surface area contributed by atoms with Gasteiger partial charge in [-0.15, -0.1) is 0 Å². The number of methoxy groups -OCH3 is 1. The first kappa shape index (κ1) is 11.9. The maximum Gasteiger partial charge on any atom is 0.192 e. The van der Waals surface area contributed by atoms with Gasteiger partial charge in [-0.2, -0.15) is 0 Å². The van der Waals surface area contributed by atoms with Gasteiger partial charge in [0.2, 0.25) is 0 Å². The third kappa shape index (κ3) is 2.74. The fraction of sp³-hybridized carbons (Fsp3) is 0.357. The standard InChI is InChI=1S/C14H17NO2/c1-10-14(17-11(2)15-10)13-6-4-5-12(9-13)7-8-16-3/h4-6,9H,7-8H2,1-3H3. The Kier molecular flexibility index (Phi) is 3.59. The lowest BCUT2D eigenvalue weighted by Crippen LogP contribution is -1.94. The van der Waals surface area contributed by atoms with Gasteiger partial charge < -0.3 is 9.15 Å². The van der Waals surface area contributed by atoms with Crippen molar-refractivity contribution >= 4 is 0 Å². The van der Waals surface area contributed by atoms with Crippen molar-refractivity contribution in [1.82, 2.24) is 4.98 Å². The topological polar surface area (TPSA) is 35.3 Å². The second-order valence-electron chi connectivity index (χ2n) is 4.09. The lowest BCUT2D eigenvalue weighted by atomic mass is 10.1. The molecule has 0 unspecified atom stereocenters. The van der Waals surface area contributed by atoms with Gasteiger partial charge in [0.05, 0.1) is 12.3 Å². The number of hydrogen-bond donors (Lipinski definition) is 0. The van der Waals surface area contributed by atoms with Crippen molar-refractivity contribution in [2.75, 3.05) is 13.7 Å². The molecule has 0 aliphatic carbocycles. The van der Waals surface area contributed by atoms with E-state index in [0.29, 0.717) is 5.89 Å². The summed E-state index contributed by atoms with van der Waals surface area (Å²) in [4.78, 5) is 4.29. The van der Waals surface area contributed by atoms with Crippen LogP contribution in [-0.4, -0.2) is 18.7 Å². The van der Waals surface area contributed by atoms with Crippen molar-refractivity contribution in [1.29, 1.82) is 0 Å². The molecule has 0 atom stereocenters.